The fourth-order valence-electron chi connectivity index (χ4n) is 5.28. The van der Waals surface area contributed by atoms with Gasteiger partial charge in [-0.15, -0.1) is 0 Å². The van der Waals surface area contributed by atoms with Crippen LogP contribution in [0, 0.1) is 0 Å². The number of nitrogens with zero attached hydrogens (tertiary/aromatic N) is 3. The first-order valence-corrected chi connectivity index (χ1v) is 12.7. The van der Waals surface area contributed by atoms with E-state index >= 15 is 0 Å². The van der Waals surface area contributed by atoms with Crippen LogP contribution in [0.4, 0.5) is 11.4 Å². The molecule has 5 rings (SSSR count). The molecule has 1 aliphatic carbocycles. The molecule has 1 saturated heterocycles. The Labute approximate surface area is 211 Å². The second kappa shape index (κ2) is 10.1. The number of carbonyl (C=O) groups excluding carboxylic acids is 1. The van der Waals surface area contributed by atoms with Gasteiger partial charge in [0.1, 0.15) is 11.8 Å². The van der Waals surface area contributed by atoms with Gasteiger partial charge >= 0.3 is 0 Å². The summed E-state index contributed by atoms with van der Waals surface area (Å²) in [6.07, 6.45) is 9.34. The summed E-state index contributed by atoms with van der Waals surface area (Å²) in [6, 6.07) is 16.4. The van der Waals surface area contributed by atoms with Gasteiger partial charge in [-0.1, -0.05) is 25.8 Å². The lowest BCUT2D eigenvalue weighted by atomic mass is 10.00. The number of rotatable bonds is 7. The average Bonchev–Trinajstić information content (AvgIpc) is 3.64. The van der Waals surface area contributed by atoms with E-state index in [1.54, 1.807) is 7.11 Å². The Balaban J connectivity index is 1.59. The van der Waals surface area contributed by atoms with Crippen LogP contribution in [-0.2, 0) is 4.79 Å². The van der Waals surface area contributed by atoms with Crippen molar-refractivity contribution in [3.63, 3.8) is 0 Å². The molecule has 3 heterocycles. The molecule has 1 amide bonds. The van der Waals surface area contributed by atoms with Crippen LogP contribution in [0.25, 0.3) is 0 Å². The van der Waals surface area contributed by atoms with Crippen LogP contribution in [0.2, 0.25) is 0 Å². The number of methoxy groups -OCH3 is 1. The summed E-state index contributed by atoms with van der Waals surface area (Å²) >= 11 is 5.90. The quantitative estimate of drug-likeness (QED) is 0.425. The Hall–Kier alpha value is -3.39. The number of hydrogen-bond donors (Lipinski definition) is 2. The van der Waals surface area contributed by atoms with E-state index in [1.807, 2.05) is 49.5 Å². The van der Waals surface area contributed by atoms with Crippen LogP contribution in [0.5, 0.6) is 5.75 Å². The third kappa shape index (κ3) is 4.50. The van der Waals surface area contributed by atoms with Gasteiger partial charge in [0, 0.05) is 42.3 Å². The first-order valence-electron chi connectivity index (χ1n) is 12.3. The van der Waals surface area contributed by atoms with Crippen molar-refractivity contribution in [3.8, 4) is 5.75 Å². The third-order valence-corrected chi connectivity index (χ3v) is 7.30. The standard InChI is InChI=1S/C27H31N5O2S/c1-3-24(33)29-20-14-13-19(17-23(20)34-2)32-26(22-12-8-16-31(22)18-9-4-5-10-18)25(30-27(32)35)21-11-6-7-15-28-21/h6-8,11-18,25-26H,3-5,9-10H2,1-2H3,(H,29,33)(H,30,35)/t25-,26-/m1/s1. The van der Waals surface area contributed by atoms with Gasteiger partial charge in [-0.05, 0) is 61.5 Å². The Bertz CT molecular complexity index is 1210. The molecule has 0 spiro atoms. The smallest absolute Gasteiger partial charge is 0.224 e. The van der Waals surface area contributed by atoms with Crippen molar-refractivity contribution in [1.29, 1.82) is 0 Å². The van der Waals surface area contributed by atoms with Crippen molar-refractivity contribution >= 4 is 34.6 Å². The van der Waals surface area contributed by atoms with E-state index in [0.717, 1.165) is 11.4 Å². The molecule has 0 radical (unpaired) electrons. The van der Waals surface area contributed by atoms with Crippen molar-refractivity contribution in [1.82, 2.24) is 14.9 Å². The molecule has 0 unspecified atom stereocenters. The molecule has 1 aromatic carbocycles. The molecule has 3 aromatic rings. The molecule has 1 aliphatic heterocycles. The van der Waals surface area contributed by atoms with Gasteiger partial charge < -0.3 is 24.8 Å². The average molecular weight is 490 g/mol. The molecule has 2 atom stereocenters. The van der Waals surface area contributed by atoms with E-state index in [4.69, 9.17) is 17.0 Å². The second-order valence-corrected chi connectivity index (χ2v) is 9.45. The topological polar surface area (TPSA) is 71.4 Å². The minimum absolute atomic E-state index is 0.0584. The molecule has 2 aliphatic rings. The lowest BCUT2D eigenvalue weighted by molar-refractivity contribution is -0.115. The molecule has 7 nitrogen and oxygen atoms in total. The van der Waals surface area contributed by atoms with Gasteiger partial charge in [0.25, 0.3) is 0 Å². The van der Waals surface area contributed by atoms with Crippen molar-refractivity contribution in [2.45, 2.75) is 57.2 Å². The molecule has 0 bridgehead atoms. The van der Waals surface area contributed by atoms with E-state index in [-0.39, 0.29) is 18.0 Å². The van der Waals surface area contributed by atoms with Crippen LogP contribution in [0.15, 0.2) is 60.9 Å². The zero-order valence-corrected chi connectivity index (χ0v) is 20.9. The maximum Gasteiger partial charge on any atom is 0.224 e. The molecular weight excluding hydrogens is 458 g/mol. The van der Waals surface area contributed by atoms with E-state index in [2.05, 4.69) is 43.4 Å². The zero-order valence-electron chi connectivity index (χ0n) is 20.1. The molecule has 2 N–H and O–H groups in total. The highest BCUT2D eigenvalue weighted by molar-refractivity contribution is 7.80. The first kappa shape index (κ1) is 23.4. The fraction of sp³-hybridized carbons (Fsp3) is 0.370. The number of pyridine rings is 1. The summed E-state index contributed by atoms with van der Waals surface area (Å²) in [5.74, 6) is 0.537. The minimum Gasteiger partial charge on any atom is -0.494 e. The first-order chi connectivity index (χ1) is 17.1. The summed E-state index contributed by atoms with van der Waals surface area (Å²) in [5.41, 5.74) is 3.70. The second-order valence-electron chi connectivity index (χ2n) is 9.06. The molecule has 1 saturated carbocycles. The zero-order chi connectivity index (χ0) is 24.4. The normalized spacial score (nSPS) is 20.2. The van der Waals surface area contributed by atoms with Crippen LogP contribution < -0.4 is 20.3 Å². The molecule has 182 valence electrons. The highest BCUT2D eigenvalue weighted by Crippen LogP contribution is 2.45. The van der Waals surface area contributed by atoms with Crippen molar-refractivity contribution in [2.24, 2.45) is 0 Å². The largest absolute Gasteiger partial charge is 0.494 e. The molecule has 2 fully saturated rings. The maximum absolute atomic E-state index is 12.0. The number of amides is 1. The lowest BCUT2D eigenvalue weighted by Gasteiger charge is -2.30. The molecule has 8 heteroatoms. The van der Waals surface area contributed by atoms with Gasteiger partial charge in [0.05, 0.1) is 24.5 Å². The minimum atomic E-state index is -0.107. The van der Waals surface area contributed by atoms with Crippen LogP contribution in [-0.4, -0.2) is 27.7 Å². The lowest BCUT2D eigenvalue weighted by Crippen LogP contribution is -2.30. The summed E-state index contributed by atoms with van der Waals surface area (Å²) in [6.45, 7) is 1.83. The summed E-state index contributed by atoms with van der Waals surface area (Å²) in [4.78, 5) is 18.8. The predicted molar refractivity (Wildman–Crippen MR) is 142 cm³/mol. The van der Waals surface area contributed by atoms with Gasteiger partial charge in [-0.2, -0.15) is 0 Å². The SMILES string of the molecule is CCC(=O)Nc1ccc(N2C(=S)N[C@H](c3ccccn3)[C@H]2c2cccn2C2CCCC2)cc1OC. The van der Waals surface area contributed by atoms with Gasteiger partial charge in [-0.25, -0.2) is 0 Å². The van der Waals surface area contributed by atoms with E-state index in [1.165, 1.54) is 31.4 Å². The number of ether oxygens (including phenoxy) is 1. The number of hydrogen-bond acceptors (Lipinski definition) is 4. The summed E-state index contributed by atoms with van der Waals surface area (Å²) in [5, 5.41) is 7.09. The van der Waals surface area contributed by atoms with Gasteiger partial charge in [0.2, 0.25) is 5.91 Å². The van der Waals surface area contributed by atoms with Crippen molar-refractivity contribution in [2.75, 3.05) is 17.3 Å². The monoisotopic (exact) mass is 489 g/mol. The number of carbonyl (C=O) groups is 1. The predicted octanol–water partition coefficient (Wildman–Crippen LogP) is 5.53. The summed E-state index contributed by atoms with van der Waals surface area (Å²) in [7, 11) is 1.61. The Morgan fingerprint density at radius 2 is 2.03 bits per heavy atom. The highest BCUT2D eigenvalue weighted by atomic mass is 32.1. The highest BCUT2D eigenvalue weighted by Gasteiger charge is 2.42. The Morgan fingerprint density at radius 3 is 2.74 bits per heavy atom. The van der Waals surface area contributed by atoms with Crippen molar-refractivity contribution in [3.05, 3.63) is 72.3 Å². The molecule has 35 heavy (non-hydrogen) atoms. The maximum atomic E-state index is 12.0. The Morgan fingerprint density at radius 1 is 1.20 bits per heavy atom. The van der Waals surface area contributed by atoms with E-state index < -0.39 is 0 Å². The van der Waals surface area contributed by atoms with E-state index in [0.29, 0.717) is 29.0 Å². The number of anilines is 2. The van der Waals surface area contributed by atoms with Gasteiger partial charge in [0.15, 0.2) is 5.11 Å². The number of thiocarbonyl (C=S) groups is 1. The Kier molecular flexibility index (Phi) is 6.72. The van der Waals surface area contributed by atoms with Gasteiger partial charge in [-0.3, -0.25) is 9.78 Å². The summed E-state index contributed by atoms with van der Waals surface area (Å²) < 4.78 is 8.08. The number of benzene rings is 1. The van der Waals surface area contributed by atoms with E-state index in [9.17, 15) is 4.79 Å². The fourth-order valence-corrected chi connectivity index (χ4v) is 5.62. The van der Waals surface area contributed by atoms with Crippen LogP contribution in [0.1, 0.15) is 68.5 Å². The van der Waals surface area contributed by atoms with Crippen LogP contribution >= 0.6 is 12.2 Å². The molecular formula is C27H31N5O2S. The molecule has 2 aromatic heterocycles. The van der Waals surface area contributed by atoms with Crippen LogP contribution in [0.3, 0.4) is 0 Å². The number of aromatic nitrogens is 2. The van der Waals surface area contributed by atoms with Crippen molar-refractivity contribution < 1.29 is 9.53 Å². The number of nitrogens with one attached hydrogen (secondary N) is 2. The third-order valence-electron chi connectivity index (χ3n) is 6.99.